The highest BCUT2D eigenvalue weighted by atomic mass is 15.1. The second-order valence-corrected chi connectivity index (χ2v) is 5.46. The second kappa shape index (κ2) is 9.19. The summed E-state index contributed by atoms with van der Waals surface area (Å²) in [4.78, 5) is 2.37. The van der Waals surface area contributed by atoms with Crippen LogP contribution in [-0.2, 0) is 0 Å². The van der Waals surface area contributed by atoms with Crippen LogP contribution in [0.25, 0.3) is 5.57 Å². The Morgan fingerprint density at radius 1 is 0.870 bits per heavy atom. The highest BCUT2D eigenvalue weighted by Crippen LogP contribution is 2.29. The molecule has 0 heterocycles. The fourth-order valence-electron chi connectivity index (χ4n) is 2.83. The van der Waals surface area contributed by atoms with Gasteiger partial charge in [0.15, 0.2) is 0 Å². The van der Waals surface area contributed by atoms with Gasteiger partial charge in [0.2, 0.25) is 0 Å². The maximum absolute atomic E-state index is 4.32. The van der Waals surface area contributed by atoms with Crippen molar-refractivity contribution in [1.29, 1.82) is 0 Å². The van der Waals surface area contributed by atoms with Crippen molar-refractivity contribution in [2.24, 2.45) is 0 Å². The third-order valence-electron chi connectivity index (χ3n) is 4.13. The predicted molar refractivity (Wildman–Crippen MR) is 105 cm³/mol. The third-order valence-corrected chi connectivity index (χ3v) is 4.13. The van der Waals surface area contributed by atoms with Gasteiger partial charge in [0, 0.05) is 18.8 Å². The van der Waals surface area contributed by atoms with Crippen molar-refractivity contribution < 1.29 is 0 Å². The van der Waals surface area contributed by atoms with E-state index in [4.69, 9.17) is 0 Å². The zero-order valence-corrected chi connectivity index (χ0v) is 15.6. The lowest BCUT2D eigenvalue weighted by Crippen LogP contribution is -2.21. The minimum Gasteiger partial charge on any atom is -0.372 e. The van der Waals surface area contributed by atoms with Gasteiger partial charge in [0.05, 0.1) is 0 Å². The zero-order valence-electron chi connectivity index (χ0n) is 15.6. The van der Waals surface area contributed by atoms with Crippen LogP contribution < -0.4 is 4.90 Å². The lowest BCUT2D eigenvalue weighted by Gasteiger charge is -2.22. The molecule has 2 aromatic rings. The Hall–Kier alpha value is -2.02. The molecule has 0 N–H and O–H groups in total. The van der Waals surface area contributed by atoms with E-state index >= 15 is 0 Å². The van der Waals surface area contributed by atoms with Gasteiger partial charge in [-0.25, -0.2) is 0 Å². The standard InChI is InChI=1S/C20H25N.C2H6/c1-6-21(7-2)18-12-13-20(16(4)14-18)17(5)19-11-9-8-10-15(19)3;1-2/h8-14H,5-7H2,1-4H3;1-2H3. The molecule has 0 spiro atoms. The number of rotatable bonds is 5. The van der Waals surface area contributed by atoms with E-state index in [-0.39, 0.29) is 0 Å². The van der Waals surface area contributed by atoms with Crippen molar-refractivity contribution in [2.75, 3.05) is 18.0 Å². The molecule has 2 rings (SSSR count). The Labute approximate surface area is 142 Å². The van der Waals surface area contributed by atoms with Crippen molar-refractivity contribution in [2.45, 2.75) is 41.5 Å². The first kappa shape index (κ1) is 19.0. The molecule has 124 valence electrons. The molecule has 0 aliphatic carbocycles. The van der Waals surface area contributed by atoms with Crippen LogP contribution in [0.1, 0.15) is 49.9 Å². The lowest BCUT2D eigenvalue weighted by molar-refractivity contribution is 0.865. The molecule has 0 amide bonds. The molecule has 23 heavy (non-hydrogen) atoms. The summed E-state index contributed by atoms with van der Waals surface area (Å²) in [7, 11) is 0. The number of anilines is 1. The number of aryl methyl sites for hydroxylation is 2. The first-order valence-electron chi connectivity index (χ1n) is 8.69. The van der Waals surface area contributed by atoms with Gasteiger partial charge < -0.3 is 4.90 Å². The van der Waals surface area contributed by atoms with Crippen LogP contribution in [0.3, 0.4) is 0 Å². The quantitative estimate of drug-likeness (QED) is 0.632. The van der Waals surface area contributed by atoms with Gasteiger partial charge in [-0.15, -0.1) is 0 Å². The summed E-state index contributed by atoms with van der Waals surface area (Å²) in [6, 6.07) is 15.1. The average molecular weight is 309 g/mol. The third kappa shape index (κ3) is 4.48. The first-order chi connectivity index (χ1) is 11.1. The van der Waals surface area contributed by atoms with E-state index in [0.29, 0.717) is 0 Å². The number of nitrogens with zero attached hydrogens (tertiary/aromatic N) is 1. The first-order valence-corrected chi connectivity index (χ1v) is 8.69. The van der Waals surface area contributed by atoms with Crippen LogP contribution in [0.4, 0.5) is 5.69 Å². The van der Waals surface area contributed by atoms with Crippen LogP contribution in [0.5, 0.6) is 0 Å². The molecule has 0 bridgehead atoms. The van der Waals surface area contributed by atoms with E-state index in [1.165, 1.54) is 27.9 Å². The number of hydrogen-bond donors (Lipinski definition) is 0. The van der Waals surface area contributed by atoms with Crippen molar-refractivity contribution in [3.05, 3.63) is 71.3 Å². The molecule has 1 nitrogen and oxygen atoms in total. The Kier molecular flexibility index (Phi) is 7.61. The average Bonchev–Trinajstić information content (AvgIpc) is 2.58. The van der Waals surface area contributed by atoms with E-state index in [0.717, 1.165) is 18.7 Å². The van der Waals surface area contributed by atoms with E-state index in [1.807, 2.05) is 13.8 Å². The van der Waals surface area contributed by atoms with Crippen LogP contribution in [0.15, 0.2) is 49.0 Å². The molecular formula is C22H31N. The topological polar surface area (TPSA) is 3.24 Å². The van der Waals surface area contributed by atoms with Gasteiger partial charge in [-0.2, -0.15) is 0 Å². The summed E-state index contributed by atoms with van der Waals surface area (Å²) in [5.74, 6) is 0. The summed E-state index contributed by atoms with van der Waals surface area (Å²) in [6.07, 6.45) is 0. The SMILES string of the molecule is C=C(c1ccccc1C)c1ccc(N(CC)CC)cc1C.CC. The molecule has 0 aliphatic rings. The molecule has 0 aromatic heterocycles. The largest absolute Gasteiger partial charge is 0.372 e. The molecule has 0 radical (unpaired) electrons. The normalized spacial score (nSPS) is 9.83. The predicted octanol–water partition coefficient (Wildman–Crippen LogP) is 6.24. The van der Waals surface area contributed by atoms with Crippen molar-refractivity contribution in [3.63, 3.8) is 0 Å². The second-order valence-electron chi connectivity index (χ2n) is 5.46. The van der Waals surface area contributed by atoms with Crippen LogP contribution in [0, 0.1) is 13.8 Å². The van der Waals surface area contributed by atoms with Crippen molar-refractivity contribution >= 4 is 11.3 Å². The summed E-state index contributed by atoms with van der Waals surface area (Å²) in [6.45, 7) is 19.1. The maximum atomic E-state index is 4.32. The van der Waals surface area contributed by atoms with Crippen molar-refractivity contribution in [3.8, 4) is 0 Å². The Morgan fingerprint density at radius 3 is 1.96 bits per heavy atom. The molecule has 1 heteroatoms. The highest BCUT2D eigenvalue weighted by molar-refractivity contribution is 5.82. The minimum absolute atomic E-state index is 1.04. The molecule has 0 atom stereocenters. The molecule has 0 fully saturated rings. The minimum atomic E-state index is 1.04. The van der Waals surface area contributed by atoms with Crippen molar-refractivity contribution in [1.82, 2.24) is 0 Å². The fourth-order valence-corrected chi connectivity index (χ4v) is 2.83. The number of hydrogen-bond acceptors (Lipinski definition) is 1. The molecule has 0 saturated heterocycles. The number of benzene rings is 2. The Balaban J connectivity index is 0.00000127. The molecule has 0 aliphatic heterocycles. The van der Waals surface area contributed by atoms with Gasteiger partial charge in [0.25, 0.3) is 0 Å². The van der Waals surface area contributed by atoms with Gasteiger partial charge in [-0.1, -0.05) is 50.8 Å². The molecule has 0 saturated carbocycles. The smallest absolute Gasteiger partial charge is 0.0369 e. The monoisotopic (exact) mass is 309 g/mol. The van der Waals surface area contributed by atoms with Crippen LogP contribution in [0.2, 0.25) is 0 Å². The molecular weight excluding hydrogens is 278 g/mol. The van der Waals surface area contributed by atoms with Gasteiger partial charge >= 0.3 is 0 Å². The van der Waals surface area contributed by atoms with Gasteiger partial charge in [-0.05, 0) is 67.7 Å². The van der Waals surface area contributed by atoms with E-state index in [1.54, 1.807) is 0 Å². The fraction of sp³-hybridized carbons (Fsp3) is 0.364. The summed E-state index contributed by atoms with van der Waals surface area (Å²) in [5, 5.41) is 0. The van der Waals surface area contributed by atoms with Crippen LogP contribution in [-0.4, -0.2) is 13.1 Å². The molecule has 2 aromatic carbocycles. The Morgan fingerprint density at radius 2 is 1.43 bits per heavy atom. The van der Waals surface area contributed by atoms with E-state index < -0.39 is 0 Å². The van der Waals surface area contributed by atoms with E-state index in [2.05, 4.69) is 81.6 Å². The zero-order chi connectivity index (χ0) is 17.4. The maximum Gasteiger partial charge on any atom is 0.0369 e. The van der Waals surface area contributed by atoms with Crippen LogP contribution >= 0.6 is 0 Å². The summed E-state index contributed by atoms with van der Waals surface area (Å²) >= 11 is 0. The van der Waals surface area contributed by atoms with Gasteiger partial charge in [-0.3, -0.25) is 0 Å². The summed E-state index contributed by atoms with van der Waals surface area (Å²) < 4.78 is 0. The van der Waals surface area contributed by atoms with Gasteiger partial charge in [0.1, 0.15) is 0 Å². The highest BCUT2D eigenvalue weighted by Gasteiger charge is 2.10. The lowest BCUT2D eigenvalue weighted by atomic mass is 9.93. The molecule has 0 unspecified atom stereocenters. The summed E-state index contributed by atoms with van der Waals surface area (Å²) in [5.41, 5.74) is 7.43. The Bertz CT molecular complexity index is 636. The van der Waals surface area contributed by atoms with E-state index in [9.17, 15) is 0 Å².